The van der Waals surface area contributed by atoms with E-state index in [9.17, 15) is 0 Å². The fraction of sp³-hybridized carbons (Fsp3) is 0.200. The second-order valence-corrected chi connectivity index (χ2v) is 3.60. The Morgan fingerprint density at radius 3 is 2.77 bits per heavy atom. The van der Waals surface area contributed by atoms with Gasteiger partial charge in [0, 0.05) is 10.5 Å². The van der Waals surface area contributed by atoms with Gasteiger partial charge in [-0.15, -0.1) is 19.0 Å². The van der Waals surface area contributed by atoms with Crippen molar-refractivity contribution in [2.24, 2.45) is 5.73 Å². The summed E-state index contributed by atoms with van der Waals surface area (Å²) in [7, 11) is 0. The first-order valence-corrected chi connectivity index (χ1v) is 4.65. The van der Waals surface area contributed by atoms with Gasteiger partial charge in [-0.05, 0) is 24.1 Å². The first-order chi connectivity index (χ1) is 5.74. The minimum Gasteiger partial charge on any atom is -0.324 e. The van der Waals surface area contributed by atoms with E-state index in [1.807, 2.05) is 30.3 Å². The second kappa shape index (κ2) is 6.19. The molecule has 72 valence electrons. The summed E-state index contributed by atoms with van der Waals surface area (Å²) >= 11 is 3.40. The first-order valence-electron chi connectivity index (χ1n) is 3.86. The molecule has 0 amide bonds. The maximum absolute atomic E-state index is 5.88. The Bertz CT molecular complexity index is 275. The molecule has 0 unspecified atom stereocenters. The molecule has 13 heavy (non-hydrogen) atoms. The molecule has 0 aliphatic rings. The molecule has 0 aliphatic heterocycles. The first kappa shape index (κ1) is 12.7. The van der Waals surface area contributed by atoms with Gasteiger partial charge >= 0.3 is 0 Å². The van der Waals surface area contributed by atoms with Gasteiger partial charge in [-0.2, -0.15) is 0 Å². The molecule has 0 heterocycles. The third-order valence-electron chi connectivity index (χ3n) is 1.70. The fourth-order valence-electron chi connectivity index (χ4n) is 1.05. The molecule has 1 rings (SSSR count). The van der Waals surface area contributed by atoms with Gasteiger partial charge in [-0.1, -0.05) is 34.1 Å². The van der Waals surface area contributed by atoms with Crippen molar-refractivity contribution < 1.29 is 0 Å². The number of benzene rings is 1. The lowest BCUT2D eigenvalue weighted by atomic mass is 10.1. The quantitative estimate of drug-likeness (QED) is 0.830. The van der Waals surface area contributed by atoms with Crippen molar-refractivity contribution in [3.05, 3.63) is 47.0 Å². The molecular formula is C10H13BrClN. The molecule has 0 spiro atoms. The van der Waals surface area contributed by atoms with Crippen molar-refractivity contribution in [3.8, 4) is 0 Å². The number of halogens is 2. The Labute approximate surface area is 93.6 Å². The van der Waals surface area contributed by atoms with E-state index >= 15 is 0 Å². The third-order valence-corrected chi connectivity index (χ3v) is 2.19. The average molecular weight is 263 g/mol. The SMILES string of the molecule is C=CC[C@@H](N)c1cccc(Br)c1.Cl. The Morgan fingerprint density at radius 2 is 2.23 bits per heavy atom. The smallest absolute Gasteiger partial charge is 0.0330 e. The van der Waals surface area contributed by atoms with Crippen LogP contribution >= 0.6 is 28.3 Å². The van der Waals surface area contributed by atoms with Crippen LogP contribution in [0, 0.1) is 0 Å². The topological polar surface area (TPSA) is 26.0 Å². The lowest BCUT2D eigenvalue weighted by molar-refractivity contribution is 0.741. The maximum Gasteiger partial charge on any atom is 0.0330 e. The lowest BCUT2D eigenvalue weighted by Gasteiger charge is -2.08. The van der Waals surface area contributed by atoms with Crippen LogP contribution in [-0.2, 0) is 0 Å². The van der Waals surface area contributed by atoms with Crippen molar-refractivity contribution in [2.75, 3.05) is 0 Å². The number of rotatable bonds is 3. The lowest BCUT2D eigenvalue weighted by Crippen LogP contribution is -2.08. The van der Waals surface area contributed by atoms with E-state index in [4.69, 9.17) is 5.73 Å². The normalized spacial score (nSPS) is 11.5. The van der Waals surface area contributed by atoms with Crippen LogP contribution in [0.25, 0.3) is 0 Å². The van der Waals surface area contributed by atoms with Gasteiger partial charge in [-0.25, -0.2) is 0 Å². The summed E-state index contributed by atoms with van der Waals surface area (Å²) in [6, 6.07) is 8.11. The van der Waals surface area contributed by atoms with E-state index in [0.29, 0.717) is 0 Å². The molecule has 0 bridgehead atoms. The van der Waals surface area contributed by atoms with Gasteiger partial charge in [-0.3, -0.25) is 0 Å². The van der Waals surface area contributed by atoms with Crippen molar-refractivity contribution in [1.82, 2.24) is 0 Å². The van der Waals surface area contributed by atoms with E-state index < -0.39 is 0 Å². The minimum absolute atomic E-state index is 0. The fourth-order valence-corrected chi connectivity index (χ4v) is 1.47. The molecule has 0 radical (unpaired) electrons. The van der Waals surface area contributed by atoms with Gasteiger partial charge < -0.3 is 5.73 Å². The predicted molar refractivity (Wildman–Crippen MR) is 63.1 cm³/mol. The van der Waals surface area contributed by atoms with Gasteiger partial charge in [0.2, 0.25) is 0 Å². The largest absolute Gasteiger partial charge is 0.324 e. The third kappa shape index (κ3) is 3.94. The Kier molecular flexibility index (Phi) is 6.04. The Balaban J connectivity index is 0.00000144. The molecule has 3 heteroatoms. The number of hydrogen-bond acceptors (Lipinski definition) is 1. The van der Waals surface area contributed by atoms with Crippen molar-refractivity contribution >= 4 is 28.3 Å². The Morgan fingerprint density at radius 1 is 1.54 bits per heavy atom. The standard InChI is InChI=1S/C10H12BrN.ClH/c1-2-4-10(12)8-5-3-6-9(11)7-8;/h2-3,5-7,10H,1,4,12H2;1H/t10-;/m1./s1. The molecule has 2 N–H and O–H groups in total. The maximum atomic E-state index is 5.88. The molecule has 0 saturated heterocycles. The van der Waals surface area contributed by atoms with Gasteiger partial charge in [0.25, 0.3) is 0 Å². The van der Waals surface area contributed by atoms with Crippen LogP contribution in [0.1, 0.15) is 18.0 Å². The van der Waals surface area contributed by atoms with Crippen LogP contribution in [0.3, 0.4) is 0 Å². The predicted octanol–water partition coefficient (Wildman–Crippen LogP) is 3.45. The monoisotopic (exact) mass is 261 g/mol. The van der Waals surface area contributed by atoms with E-state index in [1.54, 1.807) is 0 Å². The van der Waals surface area contributed by atoms with E-state index in [0.717, 1.165) is 16.5 Å². The molecule has 0 aromatic heterocycles. The van der Waals surface area contributed by atoms with Crippen LogP contribution in [0.15, 0.2) is 41.4 Å². The Hall–Kier alpha value is -0.310. The van der Waals surface area contributed by atoms with Crippen LogP contribution < -0.4 is 5.73 Å². The summed E-state index contributed by atoms with van der Waals surface area (Å²) in [6.45, 7) is 3.66. The molecule has 1 atom stereocenters. The highest BCUT2D eigenvalue weighted by atomic mass is 79.9. The highest BCUT2D eigenvalue weighted by Crippen LogP contribution is 2.18. The highest BCUT2D eigenvalue weighted by Gasteiger charge is 2.02. The summed E-state index contributed by atoms with van der Waals surface area (Å²) < 4.78 is 1.07. The van der Waals surface area contributed by atoms with E-state index in [-0.39, 0.29) is 18.4 Å². The molecule has 1 nitrogen and oxygen atoms in total. The molecule has 1 aromatic carbocycles. The van der Waals surface area contributed by atoms with Crippen LogP contribution in [0.5, 0.6) is 0 Å². The summed E-state index contributed by atoms with van der Waals surface area (Å²) in [4.78, 5) is 0. The summed E-state index contributed by atoms with van der Waals surface area (Å²) in [6.07, 6.45) is 2.65. The zero-order valence-electron chi connectivity index (χ0n) is 7.24. The molecular weight excluding hydrogens is 249 g/mol. The summed E-state index contributed by atoms with van der Waals surface area (Å²) in [5.74, 6) is 0. The van der Waals surface area contributed by atoms with E-state index in [1.165, 1.54) is 0 Å². The highest BCUT2D eigenvalue weighted by molar-refractivity contribution is 9.10. The average Bonchev–Trinajstić information content (AvgIpc) is 2.05. The van der Waals surface area contributed by atoms with Crippen molar-refractivity contribution in [2.45, 2.75) is 12.5 Å². The zero-order chi connectivity index (χ0) is 8.97. The van der Waals surface area contributed by atoms with Gasteiger partial charge in [0.05, 0.1) is 0 Å². The van der Waals surface area contributed by atoms with Crippen LogP contribution in [-0.4, -0.2) is 0 Å². The van der Waals surface area contributed by atoms with Gasteiger partial charge in [0.1, 0.15) is 0 Å². The summed E-state index contributed by atoms with van der Waals surface area (Å²) in [5, 5.41) is 0. The van der Waals surface area contributed by atoms with E-state index in [2.05, 4.69) is 22.5 Å². The zero-order valence-corrected chi connectivity index (χ0v) is 9.64. The van der Waals surface area contributed by atoms with Crippen LogP contribution in [0.2, 0.25) is 0 Å². The molecule has 0 fully saturated rings. The van der Waals surface area contributed by atoms with Crippen LogP contribution in [0.4, 0.5) is 0 Å². The minimum atomic E-state index is 0. The summed E-state index contributed by atoms with van der Waals surface area (Å²) in [5.41, 5.74) is 7.03. The molecule has 0 aliphatic carbocycles. The van der Waals surface area contributed by atoms with Crippen molar-refractivity contribution in [3.63, 3.8) is 0 Å². The molecule has 0 saturated carbocycles. The number of hydrogen-bond donors (Lipinski definition) is 1. The van der Waals surface area contributed by atoms with Gasteiger partial charge in [0.15, 0.2) is 0 Å². The van der Waals surface area contributed by atoms with Crippen molar-refractivity contribution in [1.29, 1.82) is 0 Å². The second-order valence-electron chi connectivity index (χ2n) is 2.69. The number of nitrogens with two attached hydrogens (primary N) is 1. The molecule has 1 aromatic rings.